The summed E-state index contributed by atoms with van der Waals surface area (Å²) in [7, 11) is 5.53. The highest BCUT2D eigenvalue weighted by atomic mass is 35.5. The Bertz CT molecular complexity index is 618. The molecular weight excluding hydrogens is 278 g/mol. The van der Waals surface area contributed by atoms with Crippen LogP contribution < -0.4 is 20.7 Å². The fourth-order valence-electron chi connectivity index (χ4n) is 1.66. The van der Waals surface area contributed by atoms with Gasteiger partial charge in [-0.3, -0.25) is 0 Å². The number of aromatic nitrogens is 2. The largest absolute Gasteiger partial charge is 0.494 e. The molecule has 0 fully saturated rings. The molecule has 1 aromatic heterocycles. The lowest BCUT2D eigenvalue weighted by molar-refractivity contribution is 0.417. The standard InChI is InChI=1S/C13H16ClN5O/c1-19(2)8-4-5-10(11(6-8)20-3)17-12-9(14)7-16-13(15)18-12/h4-7H,1-3H3,(H3,15,16,17,18). The summed E-state index contributed by atoms with van der Waals surface area (Å²) in [6.07, 6.45) is 1.45. The number of anilines is 4. The van der Waals surface area contributed by atoms with Crippen LogP contribution in [0, 0.1) is 0 Å². The predicted octanol–water partition coefficient (Wildman–Crippen LogP) is 2.53. The van der Waals surface area contributed by atoms with Crippen molar-refractivity contribution in [1.29, 1.82) is 0 Å². The monoisotopic (exact) mass is 293 g/mol. The van der Waals surface area contributed by atoms with E-state index >= 15 is 0 Å². The highest BCUT2D eigenvalue weighted by Crippen LogP contribution is 2.32. The maximum absolute atomic E-state index is 6.03. The van der Waals surface area contributed by atoms with Gasteiger partial charge in [0.25, 0.3) is 0 Å². The van der Waals surface area contributed by atoms with Gasteiger partial charge >= 0.3 is 0 Å². The number of nitrogens with two attached hydrogens (primary N) is 1. The lowest BCUT2D eigenvalue weighted by atomic mass is 10.2. The van der Waals surface area contributed by atoms with Crippen molar-refractivity contribution in [1.82, 2.24) is 9.97 Å². The molecule has 0 spiro atoms. The van der Waals surface area contributed by atoms with Crippen LogP contribution in [0.2, 0.25) is 5.02 Å². The van der Waals surface area contributed by atoms with Crippen LogP contribution in [-0.2, 0) is 0 Å². The Hall–Kier alpha value is -2.21. The number of methoxy groups -OCH3 is 1. The van der Waals surface area contributed by atoms with E-state index in [-0.39, 0.29) is 5.95 Å². The maximum Gasteiger partial charge on any atom is 0.222 e. The molecule has 0 bridgehead atoms. The highest BCUT2D eigenvalue weighted by Gasteiger charge is 2.09. The summed E-state index contributed by atoms with van der Waals surface area (Å²) in [5.74, 6) is 1.28. The first kappa shape index (κ1) is 14.2. The first-order valence-corrected chi connectivity index (χ1v) is 6.29. The number of hydrogen-bond acceptors (Lipinski definition) is 6. The van der Waals surface area contributed by atoms with E-state index in [4.69, 9.17) is 22.1 Å². The van der Waals surface area contributed by atoms with Gasteiger partial charge < -0.3 is 20.7 Å². The van der Waals surface area contributed by atoms with E-state index < -0.39 is 0 Å². The third-order valence-electron chi connectivity index (χ3n) is 2.72. The molecule has 1 aromatic carbocycles. The zero-order valence-corrected chi connectivity index (χ0v) is 12.3. The fraction of sp³-hybridized carbons (Fsp3) is 0.231. The van der Waals surface area contributed by atoms with Gasteiger partial charge in [-0.2, -0.15) is 4.98 Å². The maximum atomic E-state index is 6.03. The second-order valence-electron chi connectivity index (χ2n) is 4.33. The Morgan fingerprint density at radius 3 is 2.75 bits per heavy atom. The lowest BCUT2D eigenvalue weighted by Crippen LogP contribution is -2.09. The van der Waals surface area contributed by atoms with Gasteiger partial charge in [-0.15, -0.1) is 0 Å². The quantitative estimate of drug-likeness (QED) is 0.902. The number of ether oxygens (including phenoxy) is 1. The molecular formula is C13H16ClN5O. The van der Waals surface area contributed by atoms with Crippen molar-refractivity contribution in [2.24, 2.45) is 0 Å². The van der Waals surface area contributed by atoms with Crippen molar-refractivity contribution < 1.29 is 4.74 Å². The molecule has 0 amide bonds. The summed E-state index contributed by atoms with van der Waals surface area (Å²) in [4.78, 5) is 9.86. The van der Waals surface area contributed by atoms with Crippen LogP contribution in [0.1, 0.15) is 0 Å². The summed E-state index contributed by atoms with van der Waals surface area (Å²) < 4.78 is 5.37. The summed E-state index contributed by atoms with van der Waals surface area (Å²) in [5.41, 5.74) is 7.33. The van der Waals surface area contributed by atoms with Gasteiger partial charge in [0.15, 0.2) is 5.82 Å². The van der Waals surface area contributed by atoms with E-state index in [9.17, 15) is 0 Å². The Morgan fingerprint density at radius 1 is 1.35 bits per heavy atom. The third-order valence-corrected chi connectivity index (χ3v) is 2.99. The van der Waals surface area contributed by atoms with Gasteiger partial charge in [-0.05, 0) is 12.1 Å². The Kier molecular flexibility index (Phi) is 4.14. The fourth-order valence-corrected chi connectivity index (χ4v) is 1.80. The Morgan fingerprint density at radius 2 is 2.10 bits per heavy atom. The summed E-state index contributed by atoms with van der Waals surface area (Å²) >= 11 is 6.03. The van der Waals surface area contributed by atoms with Gasteiger partial charge in [-0.25, -0.2) is 4.98 Å². The van der Waals surface area contributed by atoms with Crippen molar-refractivity contribution in [2.45, 2.75) is 0 Å². The first-order chi connectivity index (χ1) is 9.51. The van der Waals surface area contributed by atoms with Gasteiger partial charge in [-0.1, -0.05) is 11.6 Å². The second kappa shape index (κ2) is 5.83. The third kappa shape index (κ3) is 3.03. The molecule has 2 aromatic rings. The smallest absolute Gasteiger partial charge is 0.222 e. The molecule has 6 nitrogen and oxygen atoms in total. The van der Waals surface area contributed by atoms with Crippen molar-refractivity contribution in [3.05, 3.63) is 29.4 Å². The molecule has 0 unspecified atom stereocenters. The van der Waals surface area contributed by atoms with Crippen LogP contribution in [0.25, 0.3) is 0 Å². The molecule has 0 aliphatic carbocycles. The van der Waals surface area contributed by atoms with Crippen molar-refractivity contribution >= 4 is 34.7 Å². The molecule has 1 heterocycles. The average molecular weight is 294 g/mol. The summed E-state index contributed by atoms with van der Waals surface area (Å²) in [5, 5.41) is 3.48. The zero-order valence-electron chi connectivity index (χ0n) is 11.5. The molecule has 106 valence electrons. The SMILES string of the molecule is COc1cc(N(C)C)ccc1Nc1nc(N)ncc1Cl. The van der Waals surface area contributed by atoms with Crippen molar-refractivity contribution in [3.8, 4) is 5.75 Å². The van der Waals surface area contributed by atoms with Gasteiger partial charge in [0.05, 0.1) is 19.0 Å². The minimum absolute atomic E-state index is 0.153. The van der Waals surface area contributed by atoms with Gasteiger partial charge in [0.1, 0.15) is 10.8 Å². The van der Waals surface area contributed by atoms with Crippen LogP contribution in [-0.4, -0.2) is 31.2 Å². The highest BCUT2D eigenvalue weighted by molar-refractivity contribution is 6.32. The molecule has 20 heavy (non-hydrogen) atoms. The molecule has 7 heteroatoms. The van der Waals surface area contributed by atoms with Crippen LogP contribution in [0.4, 0.5) is 23.1 Å². The molecule has 3 N–H and O–H groups in total. The van der Waals surface area contributed by atoms with Crippen LogP contribution in [0.3, 0.4) is 0 Å². The van der Waals surface area contributed by atoms with Crippen LogP contribution in [0.15, 0.2) is 24.4 Å². The Labute approximate surface area is 122 Å². The first-order valence-electron chi connectivity index (χ1n) is 5.91. The van der Waals surface area contributed by atoms with E-state index in [0.29, 0.717) is 16.6 Å². The molecule has 2 rings (SSSR count). The summed E-state index contributed by atoms with van der Waals surface area (Å²) in [6, 6.07) is 5.77. The van der Waals surface area contributed by atoms with Crippen LogP contribution >= 0.6 is 11.6 Å². The number of nitrogen functional groups attached to an aromatic ring is 1. The van der Waals surface area contributed by atoms with Crippen molar-refractivity contribution in [3.63, 3.8) is 0 Å². The van der Waals surface area contributed by atoms with Gasteiger partial charge in [0.2, 0.25) is 5.95 Å². The normalized spacial score (nSPS) is 10.2. The van der Waals surface area contributed by atoms with E-state index in [1.807, 2.05) is 37.2 Å². The number of nitrogens with zero attached hydrogens (tertiary/aromatic N) is 3. The van der Waals surface area contributed by atoms with E-state index in [2.05, 4.69) is 15.3 Å². The number of benzene rings is 1. The van der Waals surface area contributed by atoms with Gasteiger partial charge in [0, 0.05) is 25.8 Å². The number of rotatable bonds is 4. The number of halogens is 1. The Balaban J connectivity index is 2.35. The molecule has 0 atom stereocenters. The van der Waals surface area contributed by atoms with Crippen LogP contribution in [0.5, 0.6) is 5.75 Å². The predicted molar refractivity (Wildman–Crippen MR) is 82.1 cm³/mol. The van der Waals surface area contributed by atoms with E-state index in [1.54, 1.807) is 7.11 Å². The zero-order chi connectivity index (χ0) is 14.7. The van der Waals surface area contributed by atoms with E-state index in [0.717, 1.165) is 11.4 Å². The molecule has 0 saturated carbocycles. The number of hydrogen-bond donors (Lipinski definition) is 2. The molecule has 0 radical (unpaired) electrons. The topological polar surface area (TPSA) is 76.3 Å². The number of nitrogens with one attached hydrogen (secondary N) is 1. The van der Waals surface area contributed by atoms with E-state index in [1.165, 1.54) is 6.20 Å². The second-order valence-corrected chi connectivity index (χ2v) is 4.74. The molecule has 0 aliphatic heterocycles. The lowest BCUT2D eigenvalue weighted by Gasteiger charge is -2.17. The minimum Gasteiger partial charge on any atom is -0.494 e. The molecule has 0 aliphatic rings. The average Bonchev–Trinajstić information content (AvgIpc) is 2.43. The summed E-state index contributed by atoms with van der Waals surface area (Å²) in [6.45, 7) is 0. The molecule has 0 saturated heterocycles. The van der Waals surface area contributed by atoms with Crippen molar-refractivity contribution in [2.75, 3.05) is 37.2 Å². The minimum atomic E-state index is 0.153.